The van der Waals surface area contributed by atoms with Crippen LogP contribution in [-0.2, 0) is 0 Å². The molecule has 0 spiro atoms. The molecule has 0 atom stereocenters. The van der Waals surface area contributed by atoms with E-state index in [9.17, 15) is 4.79 Å². The molecule has 70 valence electrons. The zero-order valence-electron chi connectivity index (χ0n) is 7.31. The molecule has 0 fully saturated rings. The zero-order valence-corrected chi connectivity index (χ0v) is 8.12. The maximum Gasteiger partial charge on any atom is 0.369 e. The van der Waals surface area contributed by atoms with E-state index in [4.69, 9.17) is 5.11 Å². The fourth-order valence-corrected chi connectivity index (χ4v) is 1.99. The fourth-order valence-electron chi connectivity index (χ4n) is 1.37. The summed E-state index contributed by atoms with van der Waals surface area (Å²) in [5.74, 6) is 0. The number of carboxylic acid groups (broad SMARTS) is 1. The lowest BCUT2D eigenvalue weighted by Gasteiger charge is -1.96. The lowest BCUT2D eigenvalue weighted by molar-refractivity contribution is 0.222. The van der Waals surface area contributed by atoms with Gasteiger partial charge in [-0.15, -0.1) is 0 Å². The van der Waals surface area contributed by atoms with Crippen molar-refractivity contribution in [2.45, 2.75) is 4.90 Å². The van der Waals surface area contributed by atoms with Crippen molar-refractivity contribution in [1.29, 1.82) is 0 Å². The molecule has 2 aliphatic carbocycles. The van der Waals surface area contributed by atoms with Gasteiger partial charge >= 0.3 is 5.30 Å². The van der Waals surface area contributed by atoms with E-state index < -0.39 is 5.30 Å². The van der Waals surface area contributed by atoms with Gasteiger partial charge < -0.3 is 5.11 Å². The number of thioether (sulfide) groups is 1. The predicted octanol–water partition coefficient (Wildman–Crippen LogP) is 3.56. The van der Waals surface area contributed by atoms with Crippen molar-refractivity contribution in [2.24, 2.45) is 0 Å². The maximum atomic E-state index is 10.6. The Morgan fingerprint density at radius 2 is 1.86 bits per heavy atom. The van der Waals surface area contributed by atoms with E-state index in [1.54, 1.807) is 0 Å². The minimum absolute atomic E-state index is 0.795. The summed E-state index contributed by atoms with van der Waals surface area (Å²) in [5.41, 5.74) is 2.06. The highest BCUT2D eigenvalue weighted by atomic mass is 32.2. The Morgan fingerprint density at radius 3 is 2.64 bits per heavy atom. The molecule has 2 rings (SSSR count). The summed E-state index contributed by atoms with van der Waals surface area (Å²) in [4.78, 5) is 11.3. The quantitative estimate of drug-likeness (QED) is 0.721. The van der Waals surface area contributed by atoms with Crippen LogP contribution in [0.1, 0.15) is 0 Å². The lowest BCUT2D eigenvalue weighted by Crippen LogP contribution is -1.81. The summed E-state index contributed by atoms with van der Waals surface area (Å²) in [5, 5.41) is 7.80. The first-order chi connectivity index (χ1) is 6.77. The van der Waals surface area contributed by atoms with Crippen molar-refractivity contribution in [3.05, 3.63) is 42.5 Å². The molecule has 0 radical (unpaired) electrons. The van der Waals surface area contributed by atoms with Crippen molar-refractivity contribution in [3.63, 3.8) is 0 Å². The van der Waals surface area contributed by atoms with Crippen molar-refractivity contribution >= 4 is 17.1 Å². The van der Waals surface area contributed by atoms with Gasteiger partial charge in [0, 0.05) is 4.90 Å². The van der Waals surface area contributed by atoms with Crippen LogP contribution in [0.4, 0.5) is 4.79 Å². The van der Waals surface area contributed by atoms with Gasteiger partial charge in [-0.3, -0.25) is 0 Å². The van der Waals surface area contributed by atoms with Gasteiger partial charge in [0.05, 0.1) is 0 Å². The molecule has 0 bridgehead atoms. The van der Waals surface area contributed by atoms with Crippen molar-refractivity contribution < 1.29 is 9.90 Å². The average Bonchev–Trinajstić information content (AvgIpc) is 2.37. The summed E-state index contributed by atoms with van der Waals surface area (Å²) in [6, 6.07) is 13.5. The Balaban J connectivity index is 2.47. The van der Waals surface area contributed by atoms with Gasteiger partial charge in [-0.1, -0.05) is 36.4 Å². The van der Waals surface area contributed by atoms with Crippen LogP contribution in [0.25, 0.3) is 11.1 Å². The van der Waals surface area contributed by atoms with Gasteiger partial charge in [-0.05, 0) is 29.0 Å². The van der Waals surface area contributed by atoms with Gasteiger partial charge in [0.2, 0.25) is 0 Å². The third-order valence-corrected chi connectivity index (χ3v) is 2.70. The van der Waals surface area contributed by atoms with Crippen LogP contribution in [0.2, 0.25) is 0 Å². The van der Waals surface area contributed by atoms with Gasteiger partial charge in [0.1, 0.15) is 0 Å². The number of hydrogen-bond donors (Lipinski definition) is 1. The predicted molar refractivity (Wildman–Crippen MR) is 56.9 cm³/mol. The highest BCUT2D eigenvalue weighted by molar-refractivity contribution is 8.13. The second-order valence-corrected chi connectivity index (χ2v) is 3.84. The highest BCUT2D eigenvalue weighted by Crippen LogP contribution is 2.34. The molecule has 0 unspecified atom stereocenters. The first-order valence-electron chi connectivity index (χ1n) is 4.16. The molecule has 0 aromatic heterocycles. The van der Waals surface area contributed by atoms with E-state index in [-0.39, 0.29) is 0 Å². The van der Waals surface area contributed by atoms with Crippen LogP contribution in [-0.4, -0.2) is 10.4 Å². The Hall–Kier alpha value is -1.48. The second kappa shape index (κ2) is 3.72. The Labute approximate surface area is 85.9 Å². The molecular formula is C11H8O2S. The molecular weight excluding hydrogens is 196 g/mol. The summed E-state index contributed by atoms with van der Waals surface area (Å²) in [6.45, 7) is 0. The maximum absolute atomic E-state index is 10.6. The monoisotopic (exact) mass is 204 g/mol. The topological polar surface area (TPSA) is 37.3 Å². The van der Waals surface area contributed by atoms with Crippen LogP contribution in [0.5, 0.6) is 0 Å². The van der Waals surface area contributed by atoms with Crippen molar-refractivity contribution in [1.82, 2.24) is 0 Å². The van der Waals surface area contributed by atoms with Crippen molar-refractivity contribution in [3.8, 4) is 11.1 Å². The number of carbonyl (C=O) groups is 1. The Kier molecular flexibility index (Phi) is 2.41. The summed E-state index contributed by atoms with van der Waals surface area (Å²) < 4.78 is 0. The molecule has 2 nitrogen and oxygen atoms in total. The van der Waals surface area contributed by atoms with E-state index in [0.717, 1.165) is 27.8 Å². The molecule has 0 amide bonds. The summed E-state index contributed by atoms with van der Waals surface area (Å²) >= 11 is 0.847. The first-order valence-corrected chi connectivity index (χ1v) is 4.97. The van der Waals surface area contributed by atoms with Gasteiger partial charge in [-0.25, -0.2) is 4.79 Å². The van der Waals surface area contributed by atoms with Crippen LogP contribution in [0.3, 0.4) is 0 Å². The fraction of sp³-hybridized carbons (Fsp3) is 0. The lowest BCUT2D eigenvalue weighted by atomic mass is 10.2. The molecule has 0 heterocycles. The highest BCUT2D eigenvalue weighted by Gasteiger charge is 2.10. The van der Waals surface area contributed by atoms with E-state index >= 15 is 0 Å². The van der Waals surface area contributed by atoms with E-state index in [1.807, 2.05) is 42.5 Å². The SMILES string of the molecule is O=C(O)Sc1ccc2cccccc1-2. The summed E-state index contributed by atoms with van der Waals surface area (Å²) in [7, 11) is 0. The van der Waals surface area contributed by atoms with Crippen molar-refractivity contribution in [2.75, 3.05) is 0 Å². The molecule has 0 saturated carbocycles. The first kappa shape index (κ1) is 9.09. The third kappa shape index (κ3) is 1.72. The minimum atomic E-state index is -0.871. The zero-order chi connectivity index (χ0) is 9.97. The van der Waals surface area contributed by atoms with E-state index in [0.29, 0.717) is 0 Å². The molecule has 14 heavy (non-hydrogen) atoms. The number of fused-ring (bicyclic) bond motifs is 1. The summed E-state index contributed by atoms with van der Waals surface area (Å²) in [6.07, 6.45) is 0. The largest absolute Gasteiger partial charge is 0.473 e. The smallest absolute Gasteiger partial charge is 0.369 e. The molecule has 2 aliphatic rings. The Bertz CT molecular complexity index is 439. The Morgan fingerprint density at radius 1 is 1.07 bits per heavy atom. The van der Waals surface area contributed by atoms with Crippen LogP contribution < -0.4 is 0 Å². The van der Waals surface area contributed by atoms with Crippen LogP contribution in [0.15, 0.2) is 47.4 Å². The normalized spacial score (nSPS) is 10.3. The molecule has 1 N–H and O–H groups in total. The molecule has 0 aromatic rings. The molecule has 0 saturated heterocycles. The van der Waals surface area contributed by atoms with Crippen LogP contribution in [0, 0.1) is 0 Å². The van der Waals surface area contributed by atoms with E-state index in [2.05, 4.69) is 0 Å². The number of rotatable bonds is 1. The minimum Gasteiger partial charge on any atom is -0.473 e. The van der Waals surface area contributed by atoms with Gasteiger partial charge in [-0.2, -0.15) is 0 Å². The average molecular weight is 204 g/mol. The third-order valence-electron chi connectivity index (χ3n) is 1.95. The van der Waals surface area contributed by atoms with E-state index in [1.165, 1.54) is 0 Å². The van der Waals surface area contributed by atoms with Gasteiger partial charge in [0.15, 0.2) is 0 Å². The standard InChI is InChI=1S/C11H8O2S/c12-11(13)14-10-7-6-8-4-2-1-3-5-9(8)10/h1-7H,(H,12,13). The van der Waals surface area contributed by atoms with Crippen LogP contribution >= 0.6 is 11.8 Å². The second-order valence-electron chi connectivity index (χ2n) is 2.85. The van der Waals surface area contributed by atoms with Gasteiger partial charge in [0.25, 0.3) is 0 Å². The molecule has 0 aromatic carbocycles. The molecule has 0 aliphatic heterocycles. The number of hydrogen-bond acceptors (Lipinski definition) is 2. The molecule has 3 heteroatoms.